The summed E-state index contributed by atoms with van der Waals surface area (Å²) < 4.78 is 0. The van der Waals surface area contributed by atoms with Crippen molar-refractivity contribution < 1.29 is 0 Å². The molecule has 0 heterocycles. The minimum atomic E-state index is 0.943. The predicted molar refractivity (Wildman–Crippen MR) is 165 cm³/mol. The summed E-state index contributed by atoms with van der Waals surface area (Å²) in [6.45, 7) is 17.7. The molecule has 0 bridgehead atoms. The maximum absolute atomic E-state index is 3.61. The first-order valence-electron chi connectivity index (χ1n) is 15.3. The smallest absolute Gasteiger partial charge is 0.0366 e. The number of nitrogens with zero attached hydrogens (tertiary/aromatic N) is 2. The Kier molecular flexibility index (Phi) is 16.8. The van der Waals surface area contributed by atoms with E-state index in [0.717, 1.165) is 32.6 Å². The van der Waals surface area contributed by atoms with Crippen LogP contribution in [0.2, 0.25) is 0 Å². The Morgan fingerprint density at radius 3 is 1.08 bits per heavy atom. The van der Waals surface area contributed by atoms with E-state index in [1.165, 1.54) is 100 Å². The van der Waals surface area contributed by atoms with Crippen LogP contribution in [0.1, 0.15) is 96.6 Å². The minimum absolute atomic E-state index is 0.943. The predicted octanol–water partition coefficient (Wildman–Crippen LogP) is 7.77. The lowest BCUT2D eigenvalue weighted by Crippen LogP contribution is -2.25. The van der Waals surface area contributed by atoms with E-state index >= 15 is 0 Å². The van der Waals surface area contributed by atoms with Gasteiger partial charge in [0.15, 0.2) is 0 Å². The largest absolute Gasteiger partial charge is 0.372 e. The molecule has 0 spiro atoms. The van der Waals surface area contributed by atoms with Gasteiger partial charge in [-0.25, -0.2) is 0 Å². The third-order valence-corrected chi connectivity index (χ3v) is 7.09. The standard InChI is InChI=1S/C33H56N4/c1-5-9-24-36(25-10-6-2)32-18-14-30(15-19-32)28-34-22-13-23-35-29-31-16-20-33(21-17-31)37(26-11-7-3)27-12-8-4/h14-21,34-35H,5-13,22-29H2,1-4H3. The van der Waals surface area contributed by atoms with Crippen LogP contribution in [0.4, 0.5) is 11.4 Å². The number of hydrogen-bond acceptors (Lipinski definition) is 4. The molecule has 2 rings (SSSR count). The Labute approximate surface area is 229 Å². The second kappa shape index (κ2) is 20.0. The lowest BCUT2D eigenvalue weighted by atomic mass is 10.1. The molecule has 0 amide bonds. The summed E-state index contributed by atoms with van der Waals surface area (Å²) in [6.07, 6.45) is 11.2. The van der Waals surface area contributed by atoms with E-state index in [0.29, 0.717) is 0 Å². The molecule has 0 aromatic heterocycles. The van der Waals surface area contributed by atoms with Gasteiger partial charge in [-0.05, 0) is 80.6 Å². The molecule has 0 saturated carbocycles. The Balaban J connectivity index is 1.64. The van der Waals surface area contributed by atoms with Crippen LogP contribution < -0.4 is 20.4 Å². The summed E-state index contributed by atoms with van der Waals surface area (Å²) in [5.74, 6) is 0. The second-order valence-electron chi connectivity index (χ2n) is 10.4. The zero-order chi connectivity index (χ0) is 26.6. The van der Waals surface area contributed by atoms with Gasteiger partial charge in [0.25, 0.3) is 0 Å². The number of anilines is 2. The van der Waals surface area contributed by atoms with E-state index < -0.39 is 0 Å². The maximum Gasteiger partial charge on any atom is 0.0366 e. The molecule has 0 aliphatic heterocycles. The number of nitrogens with one attached hydrogen (secondary N) is 2. The molecule has 2 aromatic carbocycles. The highest BCUT2D eigenvalue weighted by molar-refractivity contribution is 5.48. The molecular weight excluding hydrogens is 452 g/mol. The van der Waals surface area contributed by atoms with Crippen LogP contribution in [0.3, 0.4) is 0 Å². The third kappa shape index (κ3) is 12.8. The molecule has 208 valence electrons. The lowest BCUT2D eigenvalue weighted by Gasteiger charge is -2.25. The average molecular weight is 509 g/mol. The van der Waals surface area contributed by atoms with Crippen molar-refractivity contribution in [2.45, 2.75) is 98.6 Å². The molecule has 37 heavy (non-hydrogen) atoms. The van der Waals surface area contributed by atoms with E-state index in [2.05, 4.69) is 96.7 Å². The highest BCUT2D eigenvalue weighted by Crippen LogP contribution is 2.18. The molecule has 0 atom stereocenters. The van der Waals surface area contributed by atoms with Crippen LogP contribution in [-0.2, 0) is 13.1 Å². The van der Waals surface area contributed by atoms with Gasteiger partial charge in [0, 0.05) is 50.6 Å². The van der Waals surface area contributed by atoms with Gasteiger partial charge < -0.3 is 20.4 Å². The zero-order valence-electron chi connectivity index (χ0n) is 24.5. The van der Waals surface area contributed by atoms with E-state index in [1.807, 2.05) is 0 Å². The van der Waals surface area contributed by atoms with Crippen molar-refractivity contribution in [3.05, 3.63) is 59.7 Å². The van der Waals surface area contributed by atoms with Crippen LogP contribution in [0.25, 0.3) is 0 Å². The highest BCUT2D eigenvalue weighted by Gasteiger charge is 2.07. The van der Waals surface area contributed by atoms with Crippen molar-refractivity contribution in [3.63, 3.8) is 0 Å². The van der Waals surface area contributed by atoms with Gasteiger partial charge >= 0.3 is 0 Å². The maximum atomic E-state index is 3.61. The van der Waals surface area contributed by atoms with E-state index in [1.54, 1.807) is 0 Å². The molecule has 0 aliphatic carbocycles. The van der Waals surface area contributed by atoms with Crippen molar-refractivity contribution in [1.29, 1.82) is 0 Å². The Morgan fingerprint density at radius 1 is 0.459 bits per heavy atom. The summed E-state index contributed by atoms with van der Waals surface area (Å²) in [5, 5.41) is 7.22. The fourth-order valence-electron chi connectivity index (χ4n) is 4.59. The molecular formula is C33H56N4. The molecule has 0 saturated heterocycles. The van der Waals surface area contributed by atoms with Crippen LogP contribution in [0.15, 0.2) is 48.5 Å². The number of rotatable bonds is 22. The number of unbranched alkanes of at least 4 members (excludes halogenated alkanes) is 4. The highest BCUT2D eigenvalue weighted by atomic mass is 15.1. The van der Waals surface area contributed by atoms with Gasteiger partial charge in [-0.2, -0.15) is 0 Å². The Bertz CT molecular complexity index is 703. The van der Waals surface area contributed by atoms with Crippen molar-refractivity contribution in [2.75, 3.05) is 49.1 Å². The van der Waals surface area contributed by atoms with Gasteiger partial charge in [-0.15, -0.1) is 0 Å². The van der Waals surface area contributed by atoms with Crippen molar-refractivity contribution in [1.82, 2.24) is 10.6 Å². The quantitative estimate of drug-likeness (QED) is 0.159. The second-order valence-corrected chi connectivity index (χ2v) is 10.4. The Morgan fingerprint density at radius 2 is 0.784 bits per heavy atom. The van der Waals surface area contributed by atoms with Crippen LogP contribution >= 0.6 is 0 Å². The van der Waals surface area contributed by atoms with Gasteiger partial charge in [0.05, 0.1) is 0 Å². The molecule has 0 unspecified atom stereocenters. The molecule has 4 nitrogen and oxygen atoms in total. The van der Waals surface area contributed by atoms with E-state index in [4.69, 9.17) is 0 Å². The zero-order valence-corrected chi connectivity index (χ0v) is 24.5. The van der Waals surface area contributed by atoms with Gasteiger partial charge in [0.2, 0.25) is 0 Å². The lowest BCUT2D eigenvalue weighted by molar-refractivity contribution is 0.595. The first-order valence-corrected chi connectivity index (χ1v) is 15.3. The van der Waals surface area contributed by atoms with Gasteiger partial charge in [0.1, 0.15) is 0 Å². The topological polar surface area (TPSA) is 30.5 Å². The number of benzene rings is 2. The molecule has 4 heteroatoms. The monoisotopic (exact) mass is 508 g/mol. The van der Waals surface area contributed by atoms with Crippen LogP contribution in [-0.4, -0.2) is 39.3 Å². The first kappa shape index (κ1) is 31.2. The third-order valence-electron chi connectivity index (χ3n) is 7.09. The van der Waals surface area contributed by atoms with Crippen LogP contribution in [0, 0.1) is 0 Å². The van der Waals surface area contributed by atoms with Crippen molar-refractivity contribution >= 4 is 11.4 Å². The van der Waals surface area contributed by atoms with Crippen molar-refractivity contribution in [3.8, 4) is 0 Å². The molecule has 0 aliphatic rings. The van der Waals surface area contributed by atoms with E-state index in [-0.39, 0.29) is 0 Å². The summed E-state index contributed by atoms with van der Waals surface area (Å²) in [5.41, 5.74) is 5.49. The molecule has 0 fully saturated rings. The normalized spacial score (nSPS) is 11.1. The minimum Gasteiger partial charge on any atom is -0.372 e. The molecule has 2 aromatic rings. The van der Waals surface area contributed by atoms with Crippen LogP contribution in [0.5, 0.6) is 0 Å². The van der Waals surface area contributed by atoms with Crippen molar-refractivity contribution in [2.24, 2.45) is 0 Å². The Hall–Kier alpha value is -2.04. The fraction of sp³-hybridized carbons (Fsp3) is 0.636. The van der Waals surface area contributed by atoms with E-state index in [9.17, 15) is 0 Å². The van der Waals surface area contributed by atoms with Gasteiger partial charge in [-0.3, -0.25) is 0 Å². The summed E-state index contributed by atoms with van der Waals surface area (Å²) in [6, 6.07) is 18.4. The molecule has 0 radical (unpaired) electrons. The SMILES string of the molecule is CCCCN(CCCC)c1ccc(CNCCCNCc2ccc(N(CCCC)CCCC)cc2)cc1. The molecule has 2 N–H and O–H groups in total. The summed E-state index contributed by atoms with van der Waals surface area (Å²) in [7, 11) is 0. The summed E-state index contributed by atoms with van der Waals surface area (Å²) in [4.78, 5) is 5.11. The summed E-state index contributed by atoms with van der Waals surface area (Å²) >= 11 is 0. The average Bonchev–Trinajstić information content (AvgIpc) is 2.93. The first-order chi connectivity index (χ1) is 18.2. The van der Waals surface area contributed by atoms with Gasteiger partial charge in [-0.1, -0.05) is 77.6 Å². The fourth-order valence-corrected chi connectivity index (χ4v) is 4.59. The number of hydrogen-bond donors (Lipinski definition) is 2.